The van der Waals surface area contributed by atoms with Crippen LogP contribution >= 0.6 is 0 Å². The van der Waals surface area contributed by atoms with Crippen molar-refractivity contribution in [3.63, 3.8) is 0 Å². The fourth-order valence-corrected chi connectivity index (χ4v) is 1.83. The van der Waals surface area contributed by atoms with E-state index in [1.165, 1.54) is 0 Å². The highest BCUT2D eigenvalue weighted by molar-refractivity contribution is 5.64. The van der Waals surface area contributed by atoms with Gasteiger partial charge in [-0.15, -0.1) is 0 Å². The summed E-state index contributed by atoms with van der Waals surface area (Å²) in [6.07, 6.45) is 0.112. The van der Waals surface area contributed by atoms with Crippen LogP contribution in [0.3, 0.4) is 0 Å². The van der Waals surface area contributed by atoms with Crippen molar-refractivity contribution in [1.29, 1.82) is 0 Å². The highest BCUT2D eigenvalue weighted by Gasteiger charge is 2.08. The third-order valence-corrected chi connectivity index (χ3v) is 3.02. The maximum absolute atomic E-state index is 11.7. The van der Waals surface area contributed by atoms with Gasteiger partial charge in [-0.1, -0.05) is 48.4 Å². The monoisotopic (exact) mass is 297 g/mol. The molecule has 0 radical (unpaired) electrons. The van der Waals surface area contributed by atoms with E-state index in [2.05, 4.69) is 10.0 Å². The average Bonchev–Trinajstić information content (AvgIpc) is 2.55. The van der Waals surface area contributed by atoms with Crippen LogP contribution in [0.5, 0.6) is 5.75 Å². The molecule has 0 aliphatic heterocycles. The average molecular weight is 297 g/mol. The summed E-state index contributed by atoms with van der Waals surface area (Å²) in [5.41, 5.74) is 10.7. The molecule has 0 unspecified atom stereocenters. The van der Waals surface area contributed by atoms with Crippen LogP contribution in [0.1, 0.15) is 18.1 Å². The van der Waals surface area contributed by atoms with E-state index in [0.717, 1.165) is 12.0 Å². The van der Waals surface area contributed by atoms with Gasteiger partial charge in [-0.25, -0.2) is 4.79 Å². The molecule has 0 heterocycles. The van der Waals surface area contributed by atoms with E-state index < -0.39 is 6.16 Å². The number of nitrogens with zero attached hydrogens (tertiary/aromatic N) is 3. The normalized spacial score (nSPS) is 9.68. The summed E-state index contributed by atoms with van der Waals surface area (Å²) in [7, 11) is 0. The number of carbonyl (C=O) groups is 1. The van der Waals surface area contributed by atoms with Crippen LogP contribution in [0, 0.1) is 0 Å². The van der Waals surface area contributed by atoms with E-state index in [1.807, 2.05) is 19.1 Å². The van der Waals surface area contributed by atoms with Crippen LogP contribution in [-0.4, -0.2) is 6.16 Å². The summed E-state index contributed by atoms with van der Waals surface area (Å²) < 4.78 is 10.1. The van der Waals surface area contributed by atoms with E-state index in [4.69, 9.17) is 15.0 Å². The van der Waals surface area contributed by atoms with Crippen LogP contribution in [0.15, 0.2) is 53.6 Å². The van der Waals surface area contributed by atoms with Gasteiger partial charge in [0.15, 0.2) is 0 Å². The van der Waals surface area contributed by atoms with Gasteiger partial charge in [-0.3, -0.25) is 0 Å². The number of carbonyl (C=O) groups excluding carboxylic acids is 1. The second kappa shape index (κ2) is 7.71. The van der Waals surface area contributed by atoms with E-state index in [9.17, 15) is 4.79 Å². The lowest BCUT2D eigenvalue weighted by Gasteiger charge is -2.08. The number of aryl methyl sites for hydroxylation is 1. The number of hydrogen-bond acceptors (Lipinski definition) is 4. The molecular weight excluding hydrogens is 282 g/mol. The summed E-state index contributed by atoms with van der Waals surface area (Å²) in [5, 5.41) is 3.54. The number of azide groups is 1. The molecule has 6 nitrogen and oxygen atoms in total. The van der Waals surface area contributed by atoms with Gasteiger partial charge in [0.1, 0.15) is 12.4 Å². The molecule has 6 heteroatoms. The van der Waals surface area contributed by atoms with Gasteiger partial charge in [0.25, 0.3) is 0 Å². The van der Waals surface area contributed by atoms with Gasteiger partial charge >= 0.3 is 6.16 Å². The molecule has 0 N–H and O–H groups in total. The maximum Gasteiger partial charge on any atom is 0.514 e. The van der Waals surface area contributed by atoms with Crippen LogP contribution in [0.4, 0.5) is 10.5 Å². The molecule has 0 aliphatic rings. The molecule has 2 rings (SSSR count). The Kier molecular flexibility index (Phi) is 5.40. The lowest BCUT2D eigenvalue weighted by Crippen LogP contribution is -2.10. The molecule has 112 valence electrons. The Bertz CT molecular complexity index is 692. The topological polar surface area (TPSA) is 84.3 Å². The molecule has 0 aliphatic carbocycles. The van der Waals surface area contributed by atoms with Gasteiger partial charge in [0.05, 0.1) is 0 Å². The summed E-state index contributed by atoms with van der Waals surface area (Å²) in [4.78, 5) is 14.4. The van der Waals surface area contributed by atoms with Gasteiger partial charge in [-0.2, -0.15) is 0 Å². The van der Waals surface area contributed by atoms with Crippen molar-refractivity contribution >= 4 is 11.8 Å². The minimum atomic E-state index is -0.806. The third-order valence-electron chi connectivity index (χ3n) is 3.02. The maximum atomic E-state index is 11.7. The molecule has 0 amide bonds. The van der Waals surface area contributed by atoms with Crippen molar-refractivity contribution in [2.75, 3.05) is 0 Å². The standard InChI is InChI=1S/C16H15N3O3/c1-2-12-7-9-14(10-8-12)22-16(20)21-11-13-5-3-4-6-15(13)18-19-17/h3-10H,2,11H2,1H3. The molecule has 22 heavy (non-hydrogen) atoms. The minimum absolute atomic E-state index is 0.0267. The summed E-state index contributed by atoms with van der Waals surface area (Å²) in [6.45, 7) is 2.02. The summed E-state index contributed by atoms with van der Waals surface area (Å²) in [5.74, 6) is 0.422. The zero-order valence-corrected chi connectivity index (χ0v) is 12.1. The predicted octanol–water partition coefficient (Wildman–Crippen LogP) is 4.91. The largest absolute Gasteiger partial charge is 0.514 e. The zero-order valence-electron chi connectivity index (χ0n) is 12.1. The van der Waals surface area contributed by atoms with Crippen molar-refractivity contribution in [1.82, 2.24) is 0 Å². The molecule has 0 aromatic heterocycles. The van der Waals surface area contributed by atoms with Crippen molar-refractivity contribution in [3.8, 4) is 5.75 Å². The fraction of sp³-hybridized carbons (Fsp3) is 0.188. The highest BCUT2D eigenvalue weighted by atomic mass is 16.7. The van der Waals surface area contributed by atoms with Crippen LogP contribution in [0.25, 0.3) is 10.4 Å². The molecule has 2 aromatic rings. The fourth-order valence-electron chi connectivity index (χ4n) is 1.83. The Hall–Kier alpha value is -2.98. The Labute approximate surface area is 127 Å². The number of rotatable bonds is 5. The van der Waals surface area contributed by atoms with E-state index in [-0.39, 0.29) is 6.61 Å². The van der Waals surface area contributed by atoms with Crippen LogP contribution in [0.2, 0.25) is 0 Å². The Balaban J connectivity index is 1.93. The lowest BCUT2D eigenvalue weighted by atomic mass is 10.2. The van der Waals surface area contributed by atoms with Crippen molar-refractivity contribution in [3.05, 3.63) is 70.1 Å². The van der Waals surface area contributed by atoms with Crippen molar-refractivity contribution in [2.45, 2.75) is 20.0 Å². The molecule has 0 atom stereocenters. The molecular formula is C16H15N3O3. The van der Waals surface area contributed by atoms with Crippen LogP contribution < -0.4 is 4.74 Å². The number of hydrogen-bond donors (Lipinski definition) is 0. The summed E-state index contributed by atoms with van der Waals surface area (Å²) in [6, 6.07) is 14.1. The Morgan fingerprint density at radius 2 is 1.91 bits per heavy atom. The lowest BCUT2D eigenvalue weighted by molar-refractivity contribution is 0.0929. The van der Waals surface area contributed by atoms with E-state index in [1.54, 1.807) is 36.4 Å². The molecule has 0 spiro atoms. The summed E-state index contributed by atoms with van der Waals surface area (Å²) >= 11 is 0. The number of benzene rings is 2. The number of ether oxygens (including phenoxy) is 2. The smallest absolute Gasteiger partial charge is 0.429 e. The van der Waals surface area contributed by atoms with E-state index >= 15 is 0 Å². The first kappa shape index (κ1) is 15.4. The second-order valence-corrected chi connectivity index (χ2v) is 4.46. The highest BCUT2D eigenvalue weighted by Crippen LogP contribution is 2.20. The third kappa shape index (κ3) is 4.26. The SMILES string of the molecule is CCc1ccc(OC(=O)OCc2ccccc2N=[N+]=[N-])cc1. The Morgan fingerprint density at radius 1 is 1.18 bits per heavy atom. The first-order valence-electron chi connectivity index (χ1n) is 6.79. The first-order chi connectivity index (χ1) is 10.7. The molecule has 0 bridgehead atoms. The van der Waals surface area contributed by atoms with Gasteiger partial charge in [-0.05, 0) is 35.2 Å². The first-order valence-corrected chi connectivity index (χ1v) is 6.79. The van der Waals surface area contributed by atoms with Gasteiger partial charge in [0, 0.05) is 10.6 Å². The van der Waals surface area contributed by atoms with Crippen molar-refractivity contribution < 1.29 is 14.3 Å². The zero-order chi connectivity index (χ0) is 15.8. The molecule has 0 fully saturated rings. The van der Waals surface area contributed by atoms with Gasteiger partial charge < -0.3 is 9.47 Å². The molecule has 0 saturated carbocycles. The quantitative estimate of drug-likeness (QED) is 0.258. The van der Waals surface area contributed by atoms with E-state index in [0.29, 0.717) is 17.0 Å². The molecule has 0 saturated heterocycles. The van der Waals surface area contributed by atoms with Gasteiger partial charge in [0.2, 0.25) is 0 Å². The minimum Gasteiger partial charge on any atom is -0.429 e. The van der Waals surface area contributed by atoms with Crippen molar-refractivity contribution in [2.24, 2.45) is 5.11 Å². The second-order valence-electron chi connectivity index (χ2n) is 4.46. The molecule has 2 aromatic carbocycles. The van der Waals surface area contributed by atoms with Crippen LogP contribution in [-0.2, 0) is 17.8 Å². The predicted molar refractivity (Wildman–Crippen MR) is 81.9 cm³/mol. The Morgan fingerprint density at radius 3 is 2.59 bits per heavy atom.